The summed E-state index contributed by atoms with van der Waals surface area (Å²) in [5, 5.41) is 0.552. The first-order valence-electron chi connectivity index (χ1n) is 5.27. The molecule has 0 aliphatic rings. The maximum absolute atomic E-state index is 5.87. The minimum atomic E-state index is 0.552. The molecule has 0 spiro atoms. The van der Waals surface area contributed by atoms with Crippen LogP contribution in [-0.4, -0.2) is 6.61 Å². The number of hydrogen-bond acceptors (Lipinski definition) is 2. The molecule has 2 N–H and O–H groups in total. The Morgan fingerprint density at radius 1 is 1.40 bits per heavy atom. The molecule has 0 fully saturated rings. The van der Waals surface area contributed by atoms with Gasteiger partial charge in [0.2, 0.25) is 0 Å². The summed E-state index contributed by atoms with van der Waals surface area (Å²) in [4.78, 5) is 0. The molecule has 0 amide bonds. The van der Waals surface area contributed by atoms with Gasteiger partial charge in [0.1, 0.15) is 5.75 Å². The van der Waals surface area contributed by atoms with Gasteiger partial charge in [-0.05, 0) is 30.9 Å². The smallest absolute Gasteiger partial charge is 0.120 e. The number of nitrogens with two attached hydrogens (primary N) is 1. The van der Waals surface area contributed by atoms with Crippen LogP contribution in [0.25, 0.3) is 0 Å². The summed E-state index contributed by atoms with van der Waals surface area (Å²) in [6.45, 7) is 5.15. The van der Waals surface area contributed by atoms with Crippen LogP contribution in [0.15, 0.2) is 18.2 Å². The van der Waals surface area contributed by atoms with Gasteiger partial charge in [0.05, 0.1) is 17.3 Å². The van der Waals surface area contributed by atoms with Crippen LogP contribution in [-0.2, 0) is 0 Å². The van der Waals surface area contributed by atoms with Crippen LogP contribution < -0.4 is 10.5 Å². The van der Waals surface area contributed by atoms with Crippen LogP contribution in [0.5, 0.6) is 5.75 Å². The molecule has 0 saturated carbocycles. The molecule has 0 radical (unpaired) electrons. The number of anilines is 1. The van der Waals surface area contributed by atoms with Crippen molar-refractivity contribution < 1.29 is 4.74 Å². The van der Waals surface area contributed by atoms with Gasteiger partial charge in [-0.15, -0.1) is 0 Å². The van der Waals surface area contributed by atoms with Gasteiger partial charge in [-0.1, -0.05) is 25.4 Å². The van der Waals surface area contributed by atoms with Crippen LogP contribution in [0.3, 0.4) is 0 Å². The Morgan fingerprint density at radius 3 is 2.73 bits per heavy atom. The fourth-order valence-electron chi connectivity index (χ4n) is 1.28. The molecular formula is C12H18ClNO. The number of ether oxygens (including phenoxy) is 1. The zero-order chi connectivity index (χ0) is 11.3. The number of hydrogen-bond donors (Lipinski definition) is 1. The molecule has 0 aliphatic heterocycles. The second kappa shape index (κ2) is 5.86. The van der Waals surface area contributed by atoms with Gasteiger partial charge in [-0.2, -0.15) is 0 Å². The quantitative estimate of drug-likeness (QED) is 0.615. The molecule has 0 aromatic heterocycles. The normalized spacial score (nSPS) is 10.7. The molecule has 2 nitrogen and oxygen atoms in total. The Kier molecular flexibility index (Phi) is 4.76. The molecule has 15 heavy (non-hydrogen) atoms. The van der Waals surface area contributed by atoms with Crippen molar-refractivity contribution in [1.29, 1.82) is 0 Å². The van der Waals surface area contributed by atoms with E-state index in [2.05, 4.69) is 13.8 Å². The van der Waals surface area contributed by atoms with Crippen LogP contribution in [0.2, 0.25) is 5.02 Å². The highest BCUT2D eigenvalue weighted by Gasteiger charge is 1.99. The molecule has 0 aliphatic carbocycles. The Hall–Kier alpha value is -0.890. The maximum Gasteiger partial charge on any atom is 0.120 e. The SMILES string of the molecule is CC(C)CCCOc1ccc(N)c(Cl)c1. The van der Waals surface area contributed by atoms with Crippen LogP contribution in [0.4, 0.5) is 5.69 Å². The second-order valence-corrected chi connectivity index (χ2v) is 4.48. The molecule has 1 aromatic rings. The number of benzene rings is 1. The molecule has 3 heteroatoms. The van der Waals surface area contributed by atoms with Crippen LogP contribution >= 0.6 is 11.6 Å². The van der Waals surface area contributed by atoms with E-state index in [1.807, 2.05) is 6.07 Å². The van der Waals surface area contributed by atoms with E-state index >= 15 is 0 Å². The summed E-state index contributed by atoms with van der Waals surface area (Å²) >= 11 is 5.87. The summed E-state index contributed by atoms with van der Waals surface area (Å²) in [5.74, 6) is 1.52. The van der Waals surface area contributed by atoms with E-state index < -0.39 is 0 Å². The van der Waals surface area contributed by atoms with Gasteiger partial charge in [-0.3, -0.25) is 0 Å². The third-order valence-corrected chi connectivity index (χ3v) is 2.49. The molecule has 1 aromatic carbocycles. The largest absolute Gasteiger partial charge is 0.494 e. The predicted octanol–water partition coefficient (Wildman–Crippen LogP) is 3.74. The standard InChI is InChI=1S/C12H18ClNO/c1-9(2)4-3-7-15-10-5-6-12(14)11(13)8-10/h5-6,8-9H,3-4,7,14H2,1-2H3. The number of nitrogen functional groups attached to an aromatic ring is 1. The Morgan fingerprint density at radius 2 is 2.13 bits per heavy atom. The second-order valence-electron chi connectivity index (χ2n) is 4.07. The summed E-state index contributed by atoms with van der Waals surface area (Å²) in [6.07, 6.45) is 2.25. The summed E-state index contributed by atoms with van der Waals surface area (Å²) in [5.41, 5.74) is 6.18. The van der Waals surface area contributed by atoms with E-state index in [0.29, 0.717) is 10.7 Å². The third-order valence-electron chi connectivity index (χ3n) is 2.17. The van der Waals surface area contributed by atoms with Gasteiger partial charge >= 0.3 is 0 Å². The third kappa shape index (κ3) is 4.43. The van der Waals surface area contributed by atoms with E-state index in [1.54, 1.807) is 12.1 Å². The average Bonchev–Trinajstić information content (AvgIpc) is 2.18. The van der Waals surface area contributed by atoms with E-state index in [-0.39, 0.29) is 0 Å². The number of halogens is 1. The molecular weight excluding hydrogens is 210 g/mol. The van der Waals surface area contributed by atoms with E-state index in [4.69, 9.17) is 22.1 Å². The van der Waals surface area contributed by atoms with Crippen molar-refractivity contribution in [2.75, 3.05) is 12.3 Å². The lowest BCUT2D eigenvalue weighted by atomic mass is 10.1. The van der Waals surface area contributed by atoms with E-state index in [9.17, 15) is 0 Å². The van der Waals surface area contributed by atoms with Crippen LogP contribution in [0, 0.1) is 5.92 Å². The Bertz CT molecular complexity index is 312. The van der Waals surface area contributed by atoms with E-state index in [0.717, 1.165) is 24.7 Å². The first-order chi connectivity index (χ1) is 7.09. The van der Waals surface area contributed by atoms with Crippen molar-refractivity contribution in [3.05, 3.63) is 23.2 Å². The highest BCUT2D eigenvalue weighted by Crippen LogP contribution is 2.24. The topological polar surface area (TPSA) is 35.2 Å². The molecule has 0 heterocycles. The van der Waals surface area contributed by atoms with Crippen LogP contribution in [0.1, 0.15) is 26.7 Å². The van der Waals surface area contributed by atoms with Crippen molar-refractivity contribution in [3.63, 3.8) is 0 Å². The fraction of sp³-hybridized carbons (Fsp3) is 0.500. The minimum Gasteiger partial charge on any atom is -0.494 e. The van der Waals surface area contributed by atoms with Gasteiger partial charge in [0.25, 0.3) is 0 Å². The zero-order valence-electron chi connectivity index (χ0n) is 9.29. The molecule has 1 rings (SSSR count). The molecule has 0 bridgehead atoms. The summed E-state index contributed by atoms with van der Waals surface area (Å²) < 4.78 is 5.55. The lowest BCUT2D eigenvalue weighted by Crippen LogP contribution is -1.99. The Labute approximate surface area is 96.4 Å². The lowest BCUT2D eigenvalue weighted by molar-refractivity contribution is 0.298. The summed E-state index contributed by atoms with van der Waals surface area (Å²) in [6, 6.07) is 5.36. The predicted molar refractivity (Wildman–Crippen MR) is 65.4 cm³/mol. The lowest BCUT2D eigenvalue weighted by Gasteiger charge is -2.08. The van der Waals surface area contributed by atoms with Crippen molar-refractivity contribution in [1.82, 2.24) is 0 Å². The van der Waals surface area contributed by atoms with Crippen molar-refractivity contribution in [2.45, 2.75) is 26.7 Å². The van der Waals surface area contributed by atoms with Gasteiger partial charge < -0.3 is 10.5 Å². The molecule has 0 atom stereocenters. The molecule has 84 valence electrons. The molecule has 0 saturated heterocycles. The monoisotopic (exact) mass is 227 g/mol. The van der Waals surface area contributed by atoms with Crippen molar-refractivity contribution in [2.24, 2.45) is 5.92 Å². The average molecular weight is 228 g/mol. The molecule has 0 unspecified atom stereocenters. The summed E-state index contributed by atoms with van der Waals surface area (Å²) in [7, 11) is 0. The van der Waals surface area contributed by atoms with Crippen molar-refractivity contribution in [3.8, 4) is 5.75 Å². The van der Waals surface area contributed by atoms with Gasteiger partial charge in [-0.25, -0.2) is 0 Å². The van der Waals surface area contributed by atoms with Gasteiger partial charge in [0.15, 0.2) is 0 Å². The zero-order valence-corrected chi connectivity index (χ0v) is 10.1. The maximum atomic E-state index is 5.87. The number of rotatable bonds is 5. The first kappa shape index (κ1) is 12.2. The minimum absolute atomic E-state index is 0.552. The van der Waals surface area contributed by atoms with Gasteiger partial charge in [0, 0.05) is 6.07 Å². The van der Waals surface area contributed by atoms with E-state index in [1.165, 1.54) is 6.42 Å². The Balaban J connectivity index is 2.35. The highest BCUT2D eigenvalue weighted by atomic mass is 35.5. The first-order valence-corrected chi connectivity index (χ1v) is 5.65. The van der Waals surface area contributed by atoms with Crippen molar-refractivity contribution >= 4 is 17.3 Å². The highest BCUT2D eigenvalue weighted by molar-refractivity contribution is 6.33. The fourth-order valence-corrected chi connectivity index (χ4v) is 1.45.